The van der Waals surface area contributed by atoms with Crippen LogP contribution in [0.25, 0.3) is 0 Å². The Morgan fingerprint density at radius 2 is 2.38 bits per heavy atom. The van der Waals surface area contributed by atoms with E-state index in [1.165, 1.54) is 12.8 Å². The van der Waals surface area contributed by atoms with Crippen LogP contribution in [0.5, 0.6) is 0 Å². The van der Waals surface area contributed by atoms with Crippen molar-refractivity contribution in [3.05, 3.63) is 0 Å². The van der Waals surface area contributed by atoms with Gasteiger partial charge < -0.3 is 4.90 Å². The number of nitrogens with zero attached hydrogens (tertiary/aromatic N) is 1. The lowest BCUT2D eigenvalue weighted by atomic mass is 10.1. The number of carbonyl (C=O) groups is 1. The molecule has 2 unspecified atom stereocenters. The molecule has 0 aromatic carbocycles. The van der Waals surface area contributed by atoms with E-state index >= 15 is 0 Å². The molecule has 0 bridgehead atoms. The zero-order chi connectivity index (χ0) is 9.84. The van der Waals surface area contributed by atoms with E-state index in [9.17, 15) is 4.79 Å². The number of amides is 1. The minimum atomic E-state index is 0.0177. The van der Waals surface area contributed by atoms with Crippen LogP contribution in [-0.4, -0.2) is 29.6 Å². The molecule has 0 radical (unpaired) electrons. The Balaban J connectivity index is 2.39. The summed E-state index contributed by atoms with van der Waals surface area (Å²) in [5, 5.41) is 3.15. The van der Waals surface area contributed by atoms with Crippen molar-refractivity contribution < 1.29 is 4.79 Å². The Labute approximate surface area is 80.5 Å². The minimum absolute atomic E-state index is 0.0177. The molecule has 1 aliphatic heterocycles. The van der Waals surface area contributed by atoms with Crippen LogP contribution in [0.2, 0.25) is 0 Å². The van der Waals surface area contributed by atoms with Gasteiger partial charge in [-0.3, -0.25) is 10.1 Å². The molecular weight excluding hydrogens is 164 g/mol. The fourth-order valence-corrected chi connectivity index (χ4v) is 1.68. The lowest BCUT2D eigenvalue weighted by Crippen LogP contribution is -2.36. The Kier molecular flexibility index (Phi) is 3.72. The SMILES string of the molecule is CCCCC(C)N1CNC(C)C1=O. The molecule has 0 spiro atoms. The fourth-order valence-electron chi connectivity index (χ4n) is 1.68. The van der Waals surface area contributed by atoms with E-state index < -0.39 is 0 Å². The molecule has 1 heterocycles. The third-order valence-corrected chi connectivity index (χ3v) is 2.73. The highest BCUT2D eigenvalue weighted by atomic mass is 16.2. The predicted molar refractivity (Wildman–Crippen MR) is 53.3 cm³/mol. The molecule has 3 nitrogen and oxygen atoms in total. The quantitative estimate of drug-likeness (QED) is 0.715. The highest BCUT2D eigenvalue weighted by Gasteiger charge is 2.30. The van der Waals surface area contributed by atoms with Crippen LogP contribution in [0.4, 0.5) is 0 Å². The first-order chi connectivity index (χ1) is 6.16. The average molecular weight is 184 g/mol. The van der Waals surface area contributed by atoms with Gasteiger partial charge in [0.05, 0.1) is 12.7 Å². The van der Waals surface area contributed by atoms with Gasteiger partial charge in [-0.2, -0.15) is 0 Å². The maximum Gasteiger partial charge on any atom is 0.240 e. The number of hydrogen-bond donors (Lipinski definition) is 1. The Bertz CT molecular complexity index is 182. The van der Waals surface area contributed by atoms with E-state index in [0.29, 0.717) is 6.04 Å². The largest absolute Gasteiger partial charge is 0.326 e. The summed E-state index contributed by atoms with van der Waals surface area (Å²) < 4.78 is 0. The lowest BCUT2D eigenvalue weighted by Gasteiger charge is -2.23. The van der Waals surface area contributed by atoms with E-state index in [-0.39, 0.29) is 11.9 Å². The minimum Gasteiger partial charge on any atom is -0.326 e. The third-order valence-electron chi connectivity index (χ3n) is 2.73. The second-order valence-corrected chi connectivity index (χ2v) is 3.88. The van der Waals surface area contributed by atoms with E-state index in [1.807, 2.05) is 11.8 Å². The molecule has 1 saturated heterocycles. The molecule has 1 fully saturated rings. The first-order valence-electron chi connectivity index (χ1n) is 5.20. The Morgan fingerprint density at radius 1 is 1.69 bits per heavy atom. The van der Waals surface area contributed by atoms with Gasteiger partial charge >= 0.3 is 0 Å². The maximum atomic E-state index is 11.6. The summed E-state index contributed by atoms with van der Waals surface area (Å²) >= 11 is 0. The first-order valence-corrected chi connectivity index (χ1v) is 5.20. The average Bonchev–Trinajstić information content (AvgIpc) is 2.44. The van der Waals surface area contributed by atoms with Gasteiger partial charge in [0.1, 0.15) is 0 Å². The summed E-state index contributed by atoms with van der Waals surface area (Å²) in [7, 11) is 0. The summed E-state index contributed by atoms with van der Waals surface area (Å²) in [6.07, 6.45) is 3.53. The normalized spacial score (nSPS) is 25.3. The molecule has 13 heavy (non-hydrogen) atoms. The van der Waals surface area contributed by atoms with Crippen molar-refractivity contribution in [3.63, 3.8) is 0 Å². The summed E-state index contributed by atoms with van der Waals surface area (Å²) in [5.41, 5.74) is 0. The van der Waals surface area contributed by atoms with Gasteiger partial charge in [0, 0.05) is 6.04 Å². The second-order valence-electron chi connectivity index (χ2n) is 3.88. The van der Waals surface area contributed by atoms with Crippen molar-refractivity contribution in [1.82, 2.24) is 10.2 Å². The zero-order valence-electron chi connectivity index (χ0n) is 8.84. The van der Waals surface area contributed by atoms with Crippen molar-refractivity contribution in [2.45, 2.75) is 52.1 Å². The second kappa shape index (κ2) is 4.61. The van der Waals surface area contributed by atoms with Crippen LogP contribution in [0, 0.1) is 0 Å². The fraction of sp³-hybridized carbons (Fsp3) is 0.900. The van der Waals surface area contributed by atoms with Gasteiger partial charge in [-0.25, -0.2) is 0 Å². The van der Waals surface area contributed by atoms with Gasteiger partial charge in [0.15, 0.2) is 0 Å². The topological polar surface area (TPSA) is 32.3 Å². The van der Waals surface area contributed by atoms with E-state index in [2.05, 4.69) is 19.2 Å². The summed E-state index contributed by atoms with van der Waals surface area (Å²) in [6.45, 7) is 6.96. The highest BCUT2D eigenvalue weighted by molar-refractivity contribution is 5.83. The predicted octanol–water partition coefficient (Wildman–Crippen LogP) is 1.34. The molecule has 0 aromatic rings. The van der Waals surface area contributed by atoms with Crippen LogP contribution in [-0.2, 0) is 4.79 Å². The zero-order valence-corrected chi connectivity index (χ0v) is 8.84. The van der Waals surface area contributed by atoms with Crippen LogP contribution >= 0.6 is 0 Å². The van der Waals surface area contributed by atoms with Crippen LogP contribution in [0.1, 0.15) is 40.0 Å². The van der Waals surface area contributed by atoms with Crippen molar-refractivity contribution in [2.24, 2.45) is 0 Å². The van der Waals surface area contributed by atoms with Crippen molar-refractivity contribution in [1.29, 1.82) is 0 Å². The molecule has 0 aromatic heterocycles. The molecule has 2 atom stereocenters. The maximum absolute atomic E-state index is 11.6. The third kappa shape index (κ3) is 2.44. The van der Waals surface area contributed by atoms with Crippen molar-refractivity contribution in [3.8, 4) is 0 Å². The van der Waals surface area contributed by atoms with Gasteiger partial charge in [0.2, 0.25) is 5.91 Å². The smallest absolute Gasteiger partial charge is 0.240 e. The Morgan fingerprint density at radius 3 is 2.85 bits per heavy atom. The van der Waals surface area contributed by atoms with Crippen molar-refractivity contribution >= 4 is 5.91 Å². The van der Waals surface area contributed by atoms with Crippen LogP contribution in [0.15, 0.2) is 0 Å². The molecule has 76 valence electrons. The number of unbranched alkanes of at least 4 members (excludes halogenated alkanes) is 1. The van der Waals surface area contributed by atoms with Crippen molar-refractivity contribution in [2.75, 3.05) is 6.67 Å². The van der Waals surface area contributed by atoms with E-state index in [4.69, 9.17) is 0 Å². The van der Waals surface area contributed by atoms with Gasteiger partial charge in [-0.1, -0.05) is 19.8 Å². The molecule has 1 amide bonds. The number of nitrogens with one attached hydrogen (secondary N) is 1. The molecule has 3 heteroatoms. The highest BCUT2D eigenvalue weighted by Crippen LogP contribution is 2.12. The van der Waals surface area contributed by atoms with Gasteiger partial charge in [-0.15, -0.1) is 0 Å². The monoisotopic (exact) mass is 184 g/mol. The number of rotatable bonds is 4. The van der Waals surface area contributed by atoms with Gasteiger partial charge in [0.25, 0.3) is 0 Å². The summed E-state index contributed by atoms with van der Waals surface area (Å²) in [4.78, 5) is 13.5. The standard InChI is InChI=1S/C10H20N2O/c1-4-5-6-8(2)12-7-11-9(3)10(12)13/h8-9,11H,4-7H2,1-3H3. The van der Waals surface area contributed by atoms with Crippen LogP contribution in [0.3, 0.4) is 0 Å². The first kappa shape index (κ1) is 10.5. The molecular formula is C10H20N2O. The summed E-state index contributed by atoms with van der Waals surface area (Å²) in [5.74, 6) is 0.253. The Hall–Kier alpha value is -0.570. The summed E-state index contributed by atoms with van der Waals surface area (Å²) in [6, 6.07) is 0.411. The molecule has 1 rings (SSSR count). The van der Waals surface area contributed by atoms with Crippen LogP contribution < -0.4 is 5.32 Å². The molecule has 0 aliphatic carbocycles. The van der Waals surface area contributed by atoms with Gasteiger partial charge in [-0.05, 0) is 20.3 Å². The molecule has 0 saturated carbocycles. The van der Waals surface area contributed by atoms with E-state index in [0.717, 1.165) is 13.1 Å². The van der Waals surface area contributed by atoms with E-state index in [1.54, 1.807) is 0 Å². The number of carbonyl (C=O) groups excluding carboxylic acids is 1. The molecule has 1 aliphatic rings. The molecule has 1 N–H and O–H groups in total. The number of hydrogen-bond acceptors (Lipinski definition) is 2. The lowest BCUT2D eigenvalue weighted by molar-refractivity contribution is -0.130.